The minimum Gasteiger partial charge on any atom is -0.508 e. The molecule has 0 fully saturated rings. The maximum atomic E-state index is 10.3. The molecular formula is C18H14Br2N4O2. The van der Waals surface area contributed by atoms with Crippen LogP contribution in [0.15, 0.2) is 56.5 Å². The standard InChI is InChI=1S/C18H14Br2N4O2/c1-10-6-16(24-21-9-11-2-4-13(25)5-3-11)23-18(22-10)14-7-12(19)8-15(20)17(14)26/h2-9,25-26H,1H3,(H,22,23,24)/b21-9-. The van der Waals surface area contributed by atoms with Crippen molar-refractivity contribution in [1.82, 2.24) is 9.97 Å². The van der Waals surface area contributed by atoms with Crippen LogP contribution in [0.25, 0.3) is 11.4 Å². The van der Waals surface area contributed by atoms with Crippen molar-refractivity contribution in [2.24, 2.45) is 5.10 Å². The zero-order valence-corrected chi connectivity index (χ0v) is 16.8. The molecule has 0 atom stereocenters. The number of phenols is 2. The van der Waals surface area contributed by atoms with Crippen molar-refractivity contribution in [2.45, 2.75) is 6.92 Å². The molecule has 0 aliphatic heterocycles. The minimum atomic E-state index is 0.0670. The van der Waals surface area contributed by atoms with Crippen LogP contribution in [0.4, 0.5) is 5.82 Å². The molecule has 1 aromatic heterocycles. The van der Waals surface area contributed by atoms with E-state index in [9.17, 15) is 10.2 Å². The summed E-state index contributed by atoms with van der Waals surface area (Å²) in [4.78, 5) is 8.81. The number of anilines is 1. The number of hydrogen-bond donors (Lipinski definition) is 3. The van der Waals surface area contributed by atoms with Gasteiger partial charge in [0.25, 0.3) is 0 Å². The molecule has 0 aliphatic carbocycles. The Morgan fingerprint density at radius 3 is 2.50 bits per heavy atom. The number of hydrazone groups is 1. The van der Waals surface area contributed by atoms with E-state index >= 15 is 0 Å². The molecule has 1 heterocycles. The molecule has 3 rings (SSSR count). The maximum absolute atomic E-state index is 10.3. The highest BCUT2D eigenvalue weighted by molar-refractivity contribution is 9.11. The Morgan fingerprint density at radius 2 is 1.77 bits per heavy atom. The van der Waals surface area contributed by atoms with Gasteiger partial charge in [0.15, 0.2) is 11.6 Å². The summed E-state index contributed by atoms with van der Waals surface area (Å²) in [5.41, 5.74) is 4.92. The number of nitrogens with zero attached hydrogens (tertiary/aromatic N) is 3. The van der Waals surface area contributed by atoms with Crippen molar-refractivity contribution in [1.29, 1.82) is 0 Å². The zero-order valence-electron chi connectivity index (χ0n) is 13.6. The summed E-state index contributed by atoms with van der Waals surface area (Å²) in [7, 11) is 0. The van der Waals surface area contributed by atoms with E-state index in [0.717, 1.165) is 15.7 Å². The number of aryl methyl sites for hydroxylation is 1. The Morgan fingerprint density at radius 1 is 1.04 bits per heavy atom. The molecule has 0 bridgehead atoms. The highest BCUT2D eigenvalue weighted by atomic mass is 79.9. The second kappa shape index (κ2) is 7.84. The van der Waals surface area contributed by atoms with E-state index in [1.165, 1.54) is 0 Å². The smallest absolute Gasteiger partial charge is 0.165 e. The number of hydrogen-bond acceptors (Lipinski definition) is 6. The van der Waals surface area contributed by atoms with Crippen LogP contribution in [-0.4, -0.2) is 26.4 Å². The van der Waals surface area contributed by atoms with Gasteiger partial charge in [0.05, 0.1) is 16.3 Å². The number of aromatic hydroxyl groups is 2. The van der Waals surface area contributed by atoms with Gasteiger partial charge in [-0.1, -0.05) is 15.9 Å². The predicted octanol–water partition coefficient (Wildman–Crippen LogP) is 4.83. The van der Waals surface area contributed by atoms with Gasteiger partial charge in [-0.3, -0.25) is 5.43 Å². The third-order valence-electron chi connectivity index (χ3n) is 3.41. The topological polar surface area (TPSA) is 90.6 Å². The molecule has 0 amide bonds. The summed E-state index contributed by atoms with van der Waals surface area (Å²) >= 11 is 6.71. The molecule has 0 saturated heterocycles. The van der Waals surface area contributed by atoms with E-state index in [1.807, 2.05) is 6.92 Å². The molecule has 8 heteroatoms. The summed E-state index contributed by atoms with van der Waals surface area (Å²) in [5.74, 6) is 1.15. The van der Waals surface area contributed by atoms with Gasteiger partial charge in [0.1, 0.15) is 11.5 Å². The first kappa shape index (κ1) is 18.3. The fraction of sp³-hybridized carbons (Fsp3) is 0.0556. The van der Waals surface area contributed by atoms with Crippen LogP contribution in [0.2, 0.25) is 0 Å². The number of aromatic nitrogens is 2. The largest absolute Gasteiger partial charge is 0.508 e. The van der Waals surface area contributed by atoms with Crippen LogP contribution in [-0.2, 0) is 0 Å². The fourth-order valence-electron chi connectivity index (χ4n) is 2.22. The summed E-state index contributed by atoms with van der Waals surface area (Å²) in [5, 5.41) is 23.7. The number of benzene rings is 2. The average Bonchev–Trinajstić information content (AvgIpc) is 2.59. The van der Waals surface area contributed by atoms with Gasteiger partial charge in [-0.05, 0) is 64.8 Å². The molecule has 2 aromatic carbocycles. The van der Waals surface area contributed by atoms with Crippen molar-refractivity contribution < 1.29 is 10.2 Å². The molecule has 0 spiro atoms. The number of rotatable bonds is 4. The Labute approximate surface area is 166 Å². The Hall–Kier alpha value is -2.45. The molecule has 132 valence electrons. The summed E-state index contributed by atoms with van der Waals surface area (Å²) in [6.45, 7) is 1.84. The lowest BCUT2D eigenvalue weighted by Gasteiger charge is -2.09. The summed E-state index contributed by atoms with van der Waals surface area (Å²) in [6.07, 6.45) is 1.61. The highest BCUT2D eigenvalue weighted by Gasteiger charge is 2.13. The molecule has 6 nitrogen and oxygen atoms in total. The first-order chi connectivity index (χ1) is 12.4. The van der Waals surface area contributed by atoms with Crippen LogP contribution >= 0.6 is 31.9 Å². The van der Waals surface area contributed by atoms with Gasteiger partial charge < -0.3 is 10.2 Å². The lowest BCUT2D eigenvalue weighted by molar-refractivity contribution is 0.473. The number of nitrogens with one attached hydrogen (secondary N) is 1. The second-order valence-electron chi connectivity index (χ2n) is 5.46. The van der Waals surface area contributed by atoms with Crippen LogP contribution in [0.1, 0.15) is 11.3 Å². The minimum absolute atomic E-state index is 0.0670. The number of halogens is 2. The molecule has 3 N–H and O–H groups in total. The molecule has 3 aromatic rings. The summed E-state index contributed by atoms with van der Waals surface area (Å²) < 4.78 is 1.34. The van der Waals surface area contributed by atoms with Crippen LogP contribution in [0.3, 0.4) is 0 Å². The lowest BCUT2D eigenvalue weighted by Crippen LogP contribution is -1.99. The van der Waals surface area contributed by atoms with E-state index in [-0.39, 0.29) is 11.5 Å². The van der Waals surface area contributed by atoms with Gasteiger partial charge in [-0.2, -0.15) is 5.10 Å². The van der Waals surface area contributed by atoms with E-state index in [2.05, 4.69) is 52.4 Å². The van der Waals surface area contributed by atoms with Gasteiger partial charge in [-0.25, -0.2) is 9.97 Å². The van der Waals surface area contributed by atoms with Gasteiger partial charge >= 0.3 is 0 Å². The van der Waals surface area contributed by atoms with Gasteiger partial charge in [-0.15, -0.1) is 0 Å². The highest BCUT2D eigenvalue weighted by Crippen LogP contribution is 2.37. The van der Waals surface area contributed by atoms with E-state index < -0.39 is 0 Å². The van der Waals surface area contributed by atoms with Crippen molar-refractivity contribution in [3.8, 4) is 22.9 Å². The lowest BCUT2D eigenvalue weighted by atomic mass is 10.2. The Kier molecular flexibility index (Phi) is 5.53. The van der Waals surface area contributed by atoms with Crippen LogP contribution in [0.5, 0.6) is 11.5 Å². The van der Waals surface area contributed by atoms with Gasteiger partial charge in [0, 0.05) is 16.2 Å². The Bertz CT molecular complexity index is 976. The second-order valence-corrected chi connectivity index (χ2v) is 7.23. The zero-order chi connectivity index (χ0) is 18.7. The quantitative estimate of drug-likeness (QED) is 0.369. The molecule has 0 radical (unpaired) electrons. The first-order valence-corrected chi connectivity index (χ1v) is 9.13. The van der Waals surface area contributed by atoms with E-state index in [1.54, 1.807) is 48.7 Å². The molecule has 0 aliphatic rings. The SMILES string of the molecule is Cc1cc(N/N=C\c2ccc(O)cc2)nc(-c2cc(Br)cc(Br)c2O)n1. The van der Waals surface area contributed by atoms with Crippen LogP contribution < -0.4 is 5.43 Å². The van der Waals surface area contributed by atoms with Crippen molar-refractivity contribution in [3.63, 3.8) is 0 Å². The van der Waals surface area contributed by atoms with Crippen molar-refractivity contribution >= 4 is 43.9 Å². The average molecular weight is 478 g/mol. The molecule has 26 heavy (non-hydrogen) atoms. The van der Waals surface area contributed by atoms with Crippen molar-refractivity contribution in [3.05, 3.63) is 62.7 Å². The normalized spacial score (nSPS) is 11.0. The van der Waals surface area contributed by atoms with Gasteiger partial charge in [0.2, 0.25) is 0 Å². The fourth-order valence-corrected chi connectivity index (χ4v) is 3.44. The monoisotopic (exact) mass is 476 g/mol. The Balaban J connectivity index is 1.87. The predicted molar refractivity (Wildman–Crippen MR) is 109 cm³/mol. The van der Waals surface area contributed by atoms with Crippen LogP contribution in [0, 0.1) is 6.92 Å². The van der Waals surface area contributed by atoms with E-state index in [0.29, 0.717) is 21.7 Å². The van der Waals surface area contributed by atoms with E-state index in [4.69, 9.17) is 0 Å². The molecule has 0 saturated carbocycles. The summed E-state index contributed by atoms with van der Waals surface area (Å²) in [6, 6.07) is 11.9. The first-order valence-electron chi connectivity index (χ1n) is 7.54. The third-order valence-corrected chi connectivity index (χ3v) is 4.47. The molecule has 0 unspecified atom stereocenters. The third kappa shape index (κ3) is 4.39. The molecular weight excluding hydrogens is 464 g/mol. The van der Waals surface area contributed by atoms with Crippen molar-refractivity contribution in [2.75, 3.05) is 5.43 Å². The maximum Gasteiger partial charge on any atom is 0.165 e. The number of phenolic OH excluding ortho intramolecular Hbond substituents is 2.